The predicted octanol–water partition coefficient (Wildman–Crippen LogP) is 15.5. The van der Waals surface area contributed by atoms with E-state index in [9.17, 15) is 0 Å². The first-order valence-corrected chi connectivity index (χ1v) is 19.0. The van der Waals surface area contributed by atoms with Crippen molar-refractivity contribution in [1.82, 2.24) is 0 Å². The molecule has 0 aliphatic carbocycles. The topological polar surface area (TPSA) is 13.1 Å². The van der Waals surface area contributed by atoms with Crippen LogP contribution in [0.1, 0.15) is 25.3 Å². The average molecular weight is 689 g/mol. The summed E-state index contributed by atoms with van der Waals surface area (Å²) in [5, 5.41) is 14.7. The van der Waals surface area contributed by atoms with E-state index in [2.05, 4.69) is 190 Å². The molecule has 0 saturated carbocycles. The SMILES string of the molecule is CC(C)c1ccc2c(ccc3oc4c(-c5c6ccccc6c(-c6c7ccccc7c(-c7ccccc7)c7ccccc67)c6ccccc56)cccc4c32)c1. The zero-order valence-corrected chi connectivity index (χ0v) is 30.2. The zero-order chi connectivity index (χ0) is 35.9. The van der Waals surface area contributed by atoms with Crippen molar-refractivity contribution < 1.29 is 4.42 Å². The van der Waals surface area contributed by atoms with Gasteiger partial charge in [-0.3, -0.25) is 0 Å². The quantitative estimate of drug-likeness (QED) is 0.168. The Kier molecular flexibility index (Phi) is 6.81. The van der Waals surface area contributed by atoms with Crippen LogP contribution in [-0.2, 0) is 0 Å². The minimum Gasteiger partial charge on any atom is -0.455 e. The van der Waals surface area contributed by atoms with Crippen LogP contribution in [0.4, 0.5) is 0 Å². The highest BCUT2D eigenvalue weighted by Crippen LogP contribution is 2.51. The van der Waals surface area contributed by atoms with Crippen molar-refractivity contribution in [2.24, 2.45) is 0 Å². The zero-order valence-electron chi connectivity index (χ0n) is 30.2. The Hall–Kier alpha value is -6.70. The molecule has 0 radical (unpaired) electrons. The Bertz CT molecular complexity index is 3180. The number of para-hydroxylation sites is 1. The number of fused-ring (bicyclic) bond motifs is 9. The number of furan rings is 1. The molecule has 254 valence electrons. The predicted molar refractivity (Wildman–Crippen MR) is 232 cm³/mol. The highest BCUT2D eigenvalue weighted by molar-refractivity contribution is 6.31. The molecule has 1 nitrogen and oxygen atoms in total. The maximum absolute atomic E-state index is 6.91. The van der Waals surface area contributed by atoms with Crippen LogP contribution in [0.15, 0.2) is 180 Å². The number of hydrogen-bond acceptors (Lipinski definition) is 1. The smallest absolute Gasteiger partial charge is 0.143 e. The molecule has 1 heteroatoms. The summed E-state index contributed by atoms with van der Waals surface area (Å²) in [7, 11) is 0. The second-order valence-corrected chi connectivity index (χ2v) is 14.9. The van der Waals surface area contributed by atoms with Gasteiger partial charge in [-0.1, -0.05) is 184 Å². The summed E-state index contributed by atoms with van der Waals surface area (Å²) in [6.45, 7) is 4.51. The largest absolute Gasteiger partial charge is 0.455 e. The van der Waals surface area contributed by atoms with Gasteiger partial charge in [-0.15, -0.1) is 0 Å². The molecule has 0 saturated heterocycles. The summed E-state index contributed by atoms with van der Waals surface area (Å²) in [6, 6.07) is 64.7. The van der Waals surface area contributed by atoms with Crippen molar-refractivity contribution in [1.29, 1.82) is 0 Å². The van der Waals surface area contributed by atoms with Gasteiger partial charge in [0.1, 0.15) is 11.2 Å². The van der Waals surface area contributed by atoms with Crippen molar-refractivity contribution in [2.75, 3.05) is 0 Å². The van der Waals surface area contributed by atoms with Gasteiger partial charge in [0.25, 0.3) is 0 Å². The Morgan fingerprint density at radius 3 is 1.39 bits per heavy atom. The molecule has 0 bridgehead atoms. The summed E-state index contributed by atoms with van der Waals surface area (Å²) in [6.07, 6.45) is 0. The van der Waals surface area contributed by atoms with E-state index in [1.54, 1.807) is 0 Å². The molecule has 0 N–H and O–H groups in total. The number of hydrogen-bond donors (Lipinski definition) is 0. The Labute approximate surface area is 313 Å². The summed E-state index contributed by atoms with van der Waals surface area (Å²) in [5.74, 6) is 0.472. The maximum atomic E-state index is 6.91. The standard InChI is InChI=1S/C53H36O/c1-32(2)34-27-29-36-35(31-34)28-30-47-50(36)46-26-14-25-45(53(46)54-47)49-39-19-8-12-23-43(39)52(44-24-13-9-20-40(44)49)51-41-21-10-6-17-37(41)48(33-15-4-3-5-16-33)38-18-7-11-22-42(38)51/h3-32H,1-2H3. The molecule has 0 atom stereocenters. The fourth-order valence-corrected chi connectivity index (χ4v) is 9.20. The van der Waals surface area contributed by atoms with Gasteiger partial charge >= 0.3 is 0 Å². The fraction of sp³-hybridized carbons (Fsp3) is 0.0566. The van der Waals surface area contributed by atoms with Gasteiger partial charge in [0.2, 0.25) is 0 Å². The van der Waals surface area contributed by atoms with Crippen LogP contribution in [0.3, 0.4) is 0 Å². The molecule has 0 fully saturated rings. The van der Waals surface area contributed by atoms with Crippen molar-refractivity contribution in [3.8, 4) is 33.4 Å². The minimum absolute atomic E-state index is 0.472. The van der Waals surface area contributed by atoms with E-state index in [0.29, 0.717) is 5.92 Å². The molecular weight excluding hydrogens is 653 g/mol. The van der Waals surface area contributed by atoms with E-state index >= 15 is 0 Å². The van der Waals surface area contributed by atoms with E-state index in [0.717, 1.165) is 22.1 Å². The maximum Gasteiger partial charge on any atom is 0.143 e. The first-order valence-electron chi connectivity index (χ1n) is 19.0. The van der Waals surface area contributed by atoms with E-state index in [1.807, 2.05) is 0 Å². The Morgan fingerprint density at radius 1 is 0.370 bits per heavy atom. The minimum atomic E-state index is 0.472. The third-order valence-electron chi connectivity index (χ3n) is 11.6. The Balaban J connectivity index is 1.26. The second kappa shape index (κ2) is 11.9. The summed E-state index contributed by atoms with van der Waals surface area (Å²) < 4.78 is 6.91. The fourth-order valence-electron chi connectivity index (χ4n) is 9.20. The number of rotatable bonds is 4. The Morgan fingerprint density at radius 2 is 0.852 bits per heavy atom. The third kappa shape index (κ3) is 4.45. The molecule has 0 aliphatic rings. The van der Waals surface area contributed by atoms with Crippen LogP contribution >= 0.6 is 0 Å². The van der Waals surface area contributed by atoms with Crippen molar-refractivity contribution in [3.63, 3.8) is 0 Å². The molecule has 54 heavy (non-hydrogen) atoms. The molecule has 11 rings (SSSR count). The molecule has 1 heterocycles. The molecule has 1 aromatic heterocycles. The van der Waals surface area contributed by atoms with Crippen molar-refractivity contribution >= 4 is 75.8 Å². The normalized spacial score (nSPS) is 12.1. The van der Waals surface area contributed by atoms with E-state index < -0.39 is 0 Å². The molecule has 0 unspecified atom stereocenters. The van der Waals surface area contributed by atoms with Gasteiger partial charge in [0.05, 0.1) is 0 Å². The van der Waals surface area contributed by atoms with Gasteiger partial charge in [-0.2, -0.15) is 0 Å². The van der Waals surface area contributed by atoms with Crippen molar-refractivity contribution in [2.45, 2.75) is 19.8 Å². The van der Waals surface area contributed by atoms with Gasteiger partial charge in [-0.25, -0.2) is 0 Å². The van der Waals surface area contributed by atoms with Gasteiger partial charge < -0.3 is 4.42 Å². The van der Waals surface area contributed by atoms with Gasteiger partial charge in [0.15, 0.2) is 0 Å². The summed E-state index contributed by atoms with van der Waals surface area (Å²) in [4.78, 5) is 0. The highest BCUT2D eigenvalue weighted by Gasteiger charge is 2.24. The van der Waals surface area contributed by atoms with Gasteiger partial charge in [0, 0.05) is 21.9 Å². The van der Waals surface area contributed by atoms with Crippen molar-refractivity contribution in [3.05, 3.63) is 181 Å². The van der Waals surface area contributed by atoms with E-state index in [4.69, 9.17) is 4.42 Å². The molecule has 0 aliphatic heterocycles. The first-order chi connectivity index (χ1) is 26.7. The van der Waals surface area contributed by atoms with E-state index in [-0.39, 0.29) is 0 Å². The molecule has 10 aromatic carbocycles. The van der Waals surface area contributed by atoms with Crippen LogP contribution in [0, 0.1) is 0 Å². The van der Waals surface area contributed by atoms with Crippen LogP contribution in [0.5, 0.6) is 0 Å². The monoisotopic (exact) mass is 688 g/mol. The first kappa shape index (κ1) is 30.9. The lowest BCUT2D eigenvalue weighted by Crippen LogP contribution is -1.94. The lowest BCUT2D eigenvalue weighted by atomic mass is 9.81. The number of benzene rings is 10. The second-order valence-electron chi connectivity index (χ2n) is 14.9. The molecule has 11 aromatic rings. The highest BCUT2D eigenvalue weighted by atomic mass is 16.3. The molecule has 0 spiro atoms. The summed E-state index contributed by atoms with van der Waals surface area (Å²) in [5.41, 5.74) is 10.6. The molecule has 0 amide bonds. The average Bonchev–Trinajstić information content (AvgIpc) is 3.62. The van der Waals surface area contributed by atoms with Crippen LogP contribution in [-0.4, -0.2) is 0 Å². The summed E-state index contributed by atoms with van der Waals surface area (Å²) >= 11 is 0. The molecular formula is C53H36O. The van der Waals surface area contributed by atoms with Crippen LogP contribution in [0.25, 0.3) is 109 Å². The van der Waals surface area contributed by atoms with Gasteiger partial charge in [-0.05, 0) is 93.7 Å². The van der Waals surface area contributed by atoms with E-state index in [1.165, 1.54) is 92.6 Å². The third-order valence-corrected chi connectivity index (χ3v) is 11.6. The lowest BCUT2D eigenvalue weighted by Gasteiger charge is -2.22. The van der Waals surface area contributed by atoms with Crippen LogP contribution in [0.2, 0.25) is 0 Å². The van der Waals surface area contributed by atoms with Crippen LogP contribution < -0.4 is 0 Å². The lowest BCUT2D eigenvalue weighted by molar-refractivity contribution is 0.670.